The van der Waals surface area contributed by atoms with Crippen LogP contribution in [0.2, 0.25) is 5.02 Å². The molecule has 0 unspecified atom stereocenters. The van der Waals surface area contributed by atoms with Gasteiger partial charge in [0.1, 0.15) is 5.75 Å². The molecule has 4 nitrogen and oxygen atoms in total. The lowest BCUT2D eigenvalue weighted by Gasteiger charge is -2.10. The number of hydrogen-bond acceptors (Lipinski definition) is 3. The molecule has 0 fully saturated rings. The van der Waals surface area contributed by atoms with Crippen molar-refractivity contribution in [1.29, 1.82) is 0 Å². The third kappa shape index (κ3) is 5.06. The number of amides is 1. The minimum Gasteiger partial charge on any atom is -0.495 e. The Morgan fingerprint density at radius 1 is 1.14 bits per heavy atom. The lowest BCUT2D eigenvalue weighted by molar-refractivity contribution is -0.116. The number of carbonyl (C=O) groups excluding carboxylic acids is 1. The molecule has 2 N–H and O–H groups in total. The second-order valence-electron chi connectivity index (χ2n) is 4.80. The smallest absolute Gasteiger partial charge is 0.225 e. The number of halogens is 1. The summed E-state index contributed by atoms with van der Waals surface area (Å²) in [6.45, 7) is 1.31. The van der Waals surface area contributed by atoms with Gasteiger partial charge in [0.2, 0.25) is 5.91 Å². The molecule has 0 saturated carbocycles. The summed E-state index contributed by atoms with van der Waals surface area (Å²) >= 11 is 5.83. The number of carbonyl (C=O) groups is 1. The van der Waals surface area contributed by atoms with Gasteiger partial charge in [-0.25, -0.2) is 0 Å². The number of rotatable bonds is 7. The predicted octanol–water partition coefficient (Wildman–Crippen LogP) is 3.47. The van der Waals surface area contributed by atoms with Crippen LogP contribution in [0.15, 0.2) is 48.5 Å². The molecule has 0 aromatic heterocycles. The van der Waals surface area contributed by atoms with E-state index in [-0.39, 0.29) is 5.91 Å². The SMILES string of the molecule is COc1ccccc1NC(=O)CCNCc1ccc(Cl)cc1. The molecule has 5 heteroatoms. The zero-order chi connectivity index (χ0) is 15.8. The molecule has 22 heavy (non-hydrogen) atoms. The fourth-order valence-corrected chi connectivity index (χ4v) is 2.12. The lowest BCUT2D eigenvalue weighted by atomic mass is 10.2. The van der Waals surface area contributed by atoms with Crippen molar-refractivity contribution < 1.29 is 9.53 Å². The third-order valence-electron chi connectivity index (χ3n) is 3.15. The molecule has 2 aromatic rings. The van der Waals surface area contributed by atoms with Crippen molar-refractivity contribution in [3.05, 3.63) is 59.1 Å². The zero-order valence-electron chi connectivity index (χ0n) is 12.4. The van der Waals surface area contributed by atoms with Gasteiger partial charge in [0, 0.05) is 24.5 Å². The summed E-state index contributed by atoms with van der Waals surface area (Å²) in [5.74, 6) is 0.609. The van der Waals surface area contributed by atoms with E-state index in [2.05, 4.69) is 10.6 Å². The van der Waals surface area contributed by atoms with Crippen molar-refractivity contribution >= 4 is 23.2 Å². The number of benzene rings is 2. The van der Waals surface area contributed by atoms with Gasteiger partial charge >= 0.3 is 0 Å². The van der Waals surface area contributed by atoms with Crippen molar-refractivity contribution in [2.45, 2.75) is 13.0 Å². The number of anilines is 1. The van der Waals surface area contributed by atoms with Crippen LogP contribution in [-0.4, -0.2) is 19.6 Å². The molecule has 0 aliphatic carbocycles. The average molecular weight is 319 g/mol. The van der Waals surface area contributed by atoms with Gasteiger partial charge in [-0.05, 0) is 29.8 Å². The van der Waals surface area contributed by atoms with Crippen LogP contribution in [0.1, 0.15) is 12.0 Å². The fourth-order valence-electron chi connectivity index (χ4n) is 2.00. The van der Waals surface area contributed by atoms with E-state index in [0.717, 1.165) is 10.6 Å². The van der Waals surface area contributed by atoms with E-state index in [4.69, 9.17) is 16.3 Å². The Morgan fingerprint density at radius 2 is 1.86 bits per heavy atom. The summed E-state index contributed by atoms with van der Waals surface area (Å²) in [6, 6.07) is 15.0. The van der Waals surface area contributed by atoms with Gasteiger partial charge in [0.25, 0.3) is 0 Å². The molecule has 0 radical (unpaired) electrons. The first-order chi connectivity index (χ1) is 10.7. The van der Waals surface area contributed by atoms with Crippen LogP contribution in [0.25, 0.3) is 0 Å². The first-order valence-electron chi connectivity index (χ1n) is 7.07. The number of ether oxygens (including phenoxy) is 1. The molecule has 0 aliphatic rings. The summed E-state index contributed by atoms with van der Waals surface area (Å²) in [6.07, 6.45) is 0.394. The summed E-state index contributed by atoms with van der Waals surface area (Å²) in [7, 11) is 1.58. The molecule has 116 valence electrons. The Kier molecular flexibility index (Phi) is 6.25. The second kappa shape index (κ2) is 8.41. The maximum atomic E-state index is 11.9. The molecule has 0 spiro atoms. The quantitative estimate of drug-likeness (QED) is 0.769. The maximum Gasteiger partial charge on any atom is 0.225 e. The first-order valence-corrected chi connectivity index (χ1v) is 7.45. The second-order valence-corrected chi connectivity index (χ2v) is 5.24. The first kappa shape index (κ1) is 16.3. The third-order valence-corrected chi connectivity index (χ3v) is 3.40. The van der Waals surface area contributed by atoms with E-state index in [1.54, 1.807) is 7.11 Å². The van der Waals surface area contributed by atoms with Gasteiger partial charge in [-0.3, -0.25) is 4.79 Å². The van der Waals surface area contributed by atoms with Crippen molar-refractivity contribution in [2.75, 3.05) is 19.0 Å². The van der Waals surface area contributed by atoms with Gasteiger partial charge in [-0.1, -0.05) is 35.9 Å². The molecule has 1 amide bonds. The van der Waals surface area contributed by atoms with E-state index in [1.165, 1.54) is 0 Å². The van der Waals surface area contributed by atoms with Crippen molar-refractivity contribution in [2.24, 2.45) is 0 Å². The highest BCUT2D eigenvalue weighted by Gasteiger charge is 2.06. The van der Waals surface area contributed by atoms with Crippen molar-refractivity contribution in [1.82, 2.24) is 5.32 Å². The normalized spacial score (nSPS) is 10.3. The number of hydrogen-bond donors (Lipinski definition) is 2. The monoisotopic (exact) mass is 318 g/mol. The highest BCUT2D eigenvalue weighted by molar-refractivity contribution is 6.30. The number of methoxy groups -OCH3 is 1. The standard InChI is InChI=1S/C17H19ClN2O2/c1-22-16-5-3-2-4-15(16)20-17(21)10-11-19-12-13-6-8-14(18)9-7-13/h2-9,19H,10-12H2,1H3,(H,20,21). The van der Waals surface area contributed by atoms with Crippen LogP contribution in [0, 0.1) is 0 Å². The van der Waals surface area contributed by atoms with E-state index >= 15 is 0 Å². The summed E-state index contributed by atoms with van der Waals surface area (Å²) < 4.78 is 5.20. The van der Waals surface area contributed by atoms with E-state index < -0.39 is 0 Å². The van der Waals surface area contributed by atoms with E-state index in [1.807, 2.05) is 48.5 Å². The Balaban J connectivity index is 1.72. The fraction of sp³-hybridized carbons (Fsp3) is 0.235. The molecule has 0 heterocycles. The highest BCUT2D eigenvalue weighted by Crippen LogP contribution is 2.22. The summed E-state index contributed by atoms with van der Waals surface area (Å²) in [5.41, 5.74) is 1.82. The van der Waals surface area contributed by atoms with Crippen LogP contribution in [0.3, 0.4) is 0 Å². The van der Waals surface area contributed by atoms with E-state index in [9.17, 15) is 4.79 Å². The van der Waals surface area contributed by atoms with Gasteiger partial charge < -0.3 is 15.4 Å². The molecule has 2 rings (SSSR count). The number of nitrogens with one attached hydrogen (secondary N) is 2. The van der Waals surface area contributed by atoms with Crippen LogP contribution >= 0.6 is 11.6 Å². The minimum absolute atomic E-state index is 0.0480. The van der Waals surface area contributed by atoms with Crippen LogP contribution in [0.5, 0.6) is 5.75 Å². The zero-order valence-corrected chi connectivity index (χ0v) is 13.2. The van der Waals surface area contributed by atoms with Crippen molar-refractivity contribution in [3.63, 3.8) is 0 Å². The average Bonchev–Trinajstić information content (AvgIpc) is 2.54. The van der Waals surface area contributed by atoms with Gasteiger partial charge in [-0.2, -0.15) is 0 Å². The highest BCUT2D eigenvalue weighted by atomic mass is 35.5. The molecular formula is C17H19ClN2O2. The Hall–Kier alpha value is -2.04. The Bertz CT molecular complexity index is 614. The molecule has 0 saturated heterocycles. The summed E-state index contributed by atoms with van der Waals surface area (Å²) in [4.78, 5) is 11.9. The lowest BCUT2D eigenvalue weighted by Crippen LogP contribution is -2.21. The molecular weight excluding hydrogens is 300 g/mol. The largest absolute Gasteiger partial charge is 0.495 e. The molecule has 0 aliphatic heterocycles. The minimum atomic E-state index is -0.0480. The summed E-state index contributed by atoms with van der Waals surface area (Å²) in [5, 5.41) is 6.80. The van der Waals surface area contributed by atoms with Crippen LogP contribution in [0.4, 0.5) is 5.69 Å². The molecule has 0 atom stereocenters. The van der Waals surface area contributed by atoms with Gasteiger partial charge in [0.05, 0.1) is 12.8 Å². The van der Waals surface area contributed by atoms with Gasteiger partial charge in [-0.15, -0.1) is 0 Å². The predicted molar refractivity (Wildman–Crippen MR) is 89.4 cm³/mol. The van der Waals surface area contributed by atoms with E-state index in [0.29, 0.717) is 30.9 Å². The Morgan fingerprint density at radius 3 is 2.59 bits per heavy atom. The van der Waals surface area contributed by atoms with Crippen LogP contribution in [-0.2, 0) is 11.3 Å². The topological polar surface area (TPSA) is 50.4 Å². The molecule has 2 aromatic carbocycles. The van der Waals surface area contributed by atoms with Gasteiger partial charge in [0.15, 0.2) is 0 Å². The maximum absolute atomic E-state index is 11.9. The Labute approximate surface area is 135 Å². The van der Waals surface area contributed by atoms with Crippen molar-refractivity contribution in [3.8, 4) is 5.75 Å². The van der Waals surface area contributed by atoms with Crippen LogP contribution < -0.4 is 15.4 Å². The number of para-hydroxylation sites is 2. The molecule has 0 bridgehead atoms.